The molecule has 2 aromatic carbocycles. The molecule has 2 rings (SSSR count). The van der Waals surface area contributed by atoms with Crippen molar-refractivity contribution in [2.75, 3.05) is 23.1 Å². The van der Waals surface area contributed by atoms with Gasteiger partial charge >= 0.3 is 0 Å². The third-order valence-electron chi connectivity index (χ3n) is 3.78. The van der Waals surface area contributed by atoms with E-state index in [0.717, 1.165) is 23.6 Å². The maximum absolute atomic E-state index is 12.8. The number of sulfone groups is 1. The lowest BCUT2D eigenvalue weighted by Crippen LogP contribution is -2.28. The molecule has 0 bridgehead atoms. The van der Waals surface area contributed by atoms with E-state index in [0.29, 0.717) is 5.69 Å². The summed E-state index contributed by atoms with van der Waals surface area (Å²) in [6.07, 6.45) is 1.14. The zero-order valence-corrected chi connectivity index (χ0v) is 17.1. The van der Waals surface area contributed by atoms with Gasteiger partial charge in [-0.3, -0.25) is 9.59 Å². The van der Waals surface area contributed by atoms with Crippen molar-refractivity contribution in [2.45, 2.75) is 17.9 Å². The summed E-state index contributed by atoms with van der Waals surface area (Å²) in [6.45, 7) is 1.79. The van der Waals surface area contributed by atoms with E-state index in [9.17, 15) is 22.4 Å². The van der Waals surface area contributed by atoms with Crippen LogP contribution >= 0.6 is 11.8 Å². The maximum atomic E-state index is 12.8. The van der Waals surface area contributed by atoms with Crippen LogP contribution in [-0.4, -0.2) is 38.0 Å². The summed E-state index contributed by atoms with van der Waals surface area (Å²) < 4.78 is 35.8. The Bertz CT molecular complexity index is 929. The zero-order chi connectivity index (χ0) is 20.7. The molecule has 9 heteroatoms. The Morgan fingerprint density at radius 3 is 2.14 bits per heavy atom. The summed E-state index contributed by atoms with van der Waals surface area (Å²) in [5, 5.41) is 5.42. The van der Waals surface area contributed by atoms with Gasteiger partial charge in [-0.2, -0.15) is 0 Å². The molecule has 1 atom stereocenters. The first-order valence-corrected chi connectivity index (χ1v) is 11.4. The minimum absolute atomic E-state index is 0.0855. The molecule has 2 amide bonds. The number of thioether (sulfide) groups is 1. The van der Waals surface area contributed by atoms with Crippen molar-refractivity contribution >= 4 is 39.1 Å². The van der Waals surface area contributed by atoms with E-state index in [1.54, 1.807) is 19.1 Å². The quantitative estimate of drug-likeness (QED) is 0.680. The topological polar surface area (TPSA) is 92.3 Å². The van der Waals surface area contributed by atoms with E-state index < -0.39 is 9.84 Å². The highest BCUT2D eigenvalue weighted by atomic mass is 32.2. The van der Waals surface area contributed by atoms with E-state index in [1.165, 1.54) is 36.4 Å². The van der Waals surface area contributed by atoms with E-state index in [4.69, 9.17) is 0 Å². The minimum atomic E-state index is -3.26. The third kappa shape index (κ3) is 6.97. The van der Waals surface area contributed by atoms with Crippen molar-refractivity contribution in [3.63, 3.8) is 0 Å². The second-order valence-electron chi connectivity index (χ2n) is 6.18. The van der Waals surface area contributed by atoms with Gasteiger partial charge in [0, 0.05) is 11.9 Å². The van der Waals surface area contributed by atoms with Crippen LogP contribution in [0.5, 0.6) is 0 Å². The number of nitrogens with one attached hydrogen (secondary N) is 2. The highest BCUT2D eigenvalue weighted by Crippen LogP contribution is 2.16. The van der Waals surface area contributed by atoms with Crippen LogP contribution in [0.4, 0.5) is 10.1 Å². The average molecular weight is 425 g/mol. The highest BCUT2D eigenvalue weighted by Gasteiger charge is 2.12. The fourth-order valence-corrected chi connectivity index (χ4v) is 3.60. The lowest BCUT2D eigenvalue weighted by atomic mass is 10.1. The molecule has 0 aliphatic heterocycles. The zero-order valence-electron chi connectivity index (χ0n) is 15.4. The highest BCUT2D eigenvalue weighted by molar-refractivity contribution is 8.00. The van der Waals surface area contributed by atoms with Gasteiger partial charge in [0.2, 0.25) is 11.8 Å². The van der Waals surface area contributed by atoms with Crippen LogP contribution in [0.3, 0.4) is 0 Å². The number of carbonyl (C=O) groups is 2. The number of benzene rings is 2. The van der Waals surface area contributed by atoms with Gasteiger partial charge in [0.1, 0.15) is 5.82 Å². The Hall–Kier alpha value is -2.39. The van der Waals surface area contributed by atoms with Crippen molar-refractivity contribution in [1.82, 2.24) is 5.32 Å². The standard InChI is InChI=1S/C19H21FN2O4S2/c1-13(14-3-9-17(10-4-14)28(2,25)26)21-18(23)11-27-12-19(24)22-16-7-5-15(20)6-8-16/h3-10,13H,11-12H2,1-2H3,(H,21,23)(H,22,24). The smallest absolute Gasteiger partial charge is 0.234 e. The first-order valence-electron chi connectivity index (χ1n) is 8.37. The molecule has 1 unspecified atom stereocenters. The number of carbonyl (C=O) groups excluding carboxylic acids is 2. The van der Waals surface area contributed by atoms with Crippen LogP contribution in [0.2, 0.25) is 0 Å². The fourth-order valence-electron chi connectivity index (χ4n) is 2.34. The Morgan fingerprint density at radius 2 is 1.57 bits per heavy atom. The fraction of sp³-hybridized carbons (Fsp3) is 0.263. The number of amides is 2. The van der Waals surface area contributed by atoms with Gasteiger partial charge in [0.25, 0.3) is 0 Å². The van der Waals surface area contributed by atoms with E-state index in [-0.39, 0.29) is 40.1 Å². The molecule has 0 saturated heterocycles. The predicted molar refractivity (Wildman–Crippen MR) is 108 cm³/mol. The monoisotopic (exact) mass is 424 g/mol. The Balaban J connectivity index is 1.75. The van der Waals surface area contributed by atoms with Gasteiger partial charge < -0.3 is 10.6 Å². The predicted octanol–water partition coefficient (Wildman–Crippen LogP) is 2.78. The Kier molecular flexibility index (Phi) is 7.59. The molecule has 0 aliphatic rings. The van der Waals surface area contributed by atoms with Crippen LogP contribution in [0.25, 0.3) is 0 Å². The molecule has 0 aromatic heterocycles. The number of hydrogen-bond donors (Lipinski definition) is 2. The normalized spacial score (nSPS) is 12.2. The van der Waals surface area contributed by atoms with Gasteiger partial charge in [-0.1, -0.05) is 12.1 Å². The van der Waals surface area contributed by atoms with Gasteiger partial charge in [0.15, 0.2) is 9.84 Å². The second kappa shape index (κ2) is 9.70. The third-order valence-corrected chi connectivity index (χ3v) is 5.84. The summed E-state index contributed by atoms with van der Waals surface area (Å²) in [7, 11) is -3.26. The summed E-state index contributed by atoms with van der Waals surface area (Å²) in [5.41, 5.74) is 1.27. The maximum Gasteiger partial charge on any atom is 0.234 e. The first-order chi connectivity index (χ1) is 13.1. The largest absolute Gasteiger partial charge is 0.349 e. The van der Waals surface area contributed by atoms with Gasteiger partial charge in [-0.25, -0.2) is 12.8 Å². The Morgan fingerprint density at radius 1 is 1.00 bits per heavy atom. The molecule has 6 nitrogen and oxygen atoms in total. The summed E-state index contributed by atoms with van der Waals surface area (Å²) in [5.74, 6) is -0.720. The molecule has 28 heavy (non-hydrogen) atoms. The van der Waals surface area contributed by atoms with Crippen molar-refractivity contribution in [3.05, 3.63) is 59.9 Å². The van der Waals surface area contributed by atoms with Crippen LogP contribution in [-0.2, 0) is 19.4 Å². The lowest BCUT2D eigenvalue weighted by molar-refractivity contribution is -0.119. The molecular weight excluding hydrogens is 403 g/mol. The van der Waals surface area contributed by atoms with Gasteiger partial charge in [0.05, 0.1) is 22.4 Å². The summed E-state index contributed by atoms with van der Waals surface area (Å²) >= 11 is 1.16. The van der Waals surface area contributed by atoms with E-state index >= 15 is 0 Å². The molecule has 2 N–H and O–H groups in total. The SMILES string of the molecule is CC(NC(=O)CSCC(=O)Nc1ccc(F)cc1)c1ccc(S(C)(=O)=O)cc1. The van der Waals surface area contributed by atoms with E-state index in [2.05, 4.69) is 10.6 Å². The molecule has 0 spiro atoms. The van der Waals surface area contributed by atoms with Crippen LogP contribution in [0.1, 0.15) is 18.5 Å². The molecule has 0 heterocycles. The number of hydrogen-bond acceptors (Lipinski definition) is 5. The summed E-state index contributed by atoms with van der Waals surface area (Å²) in [4.78, 5) is 24.1. The number of rotatable bonds is 8. The van der Waals surface area contributed by atoms with Gasteiger partial charge in [-0.05, 0) is 48.9 Å². The van der Waals surface area contributed by atoms with Crippen LogP contribution in [0, 0.1) is 5.82 Å². The number of anilines is 1. The van der Waals surface area contributed by atoms with Crippen LogP contribution in [0.15, 0.2) is 53.4 Å². The second-order valence-corrected chi connectivity index (χ2v) is 9.18. The molecule has 0 radical (unpaired) electrons. The molecule has 0 saturated carbocycles. The molecule has 150 valence electrons. The van der Waals surface area contributed by atoms with Crippen molar-refractivity contribution in [1.29, 1.82) is 0 Å². The minimum Gasteiger partial charge on any atom is -0.349 e. The molecule has 0 fully saturated rings. The van der Waals surface area contributed by atoms with Gasteiger partial charge in [-0.15, -0.1) is 11.8 Å². The van der Waals surface area contributed by atoms with Crippen molar-refractivity contribution in [3.8, 4) is 0 Å². The van der Waals surface area contributed by atoms with Crippen LogP contribution < -0.4 is 10.6 Å². The van der Waals surface area contributed by atoms with Crippen molar-refractivity contribution in [2.24, 2.45) is 0 Å². The van der Waals surface area contributed by atoms with Crippen molar-refractivity contribution < 1.29 is 22.4 Å². The lowest BCUT2D eigenvalue weighted by Gasteiger charge is -2.14. The molecule has 0 aliphatic carbocycles. The number of halogens is 1. The Labute approximate surface area is 167 Å². The average Bonchev–Trinajstić information content (AvgIpc) is 2.63. The molecular formula is C19H21FN2O4S2. The van der Waals surface area contributed by atoms with E-state index in [1.807, 2.05) is 0 Å². The molecule has 2 aromatic rings. The summed E-state index contributed by atoms with van der Waals surface area (Å²) in [6, 6.07) is 11.4. The first kappa shape index (κ1) is 21.9.